The van der Waals surface area contributed by atoms with E-state index in [1.807, 2.05) is 12.1 Å². The molecule has 150 valence electrons. The number of ether oxygens (including phenoxy) is 1. The van der Waals surface area contributed by atoms with Gasteiger partial charge in [-0.25, -0.2) is 0 Å². The van der Waals surface area contributed by atoms with Gasteiger partial charge in [-0.05, 0) is 61.7 Å². The minimum absolute atomic E-state index is 0.0341. The van der Waals surface area contributed by atoms with E-state index in [2.05, 4.69) is 61.3 Å². The van der Waals surface area contributed by atoms with Crippen LogP contribution in [0.5, 0.6) is 5.75 Å². The Hall–Kier alpha value is -2.53. The average Bonchev–Trinajstić information content (AvgIpc) is 2.70. The molecule has 0 spiro atoms. The first-order chi connectivity index (χ1) is 13.5. The van der Waals surface area contributed by atoms with Gasteiger partial charge in [0.15, 0.2) is 6.54 Å². The van der Waals surface area contributed by atoms with Crippen molar-refractivity contribution in [3.63, 3.8) is 0 Å². The highest BCUT2D eigenvalue weighted by Crippen LogP contribution is 2.19. The topological polar surface area (TPSA) is 46.0 Å². The number of anilines is 1. The van der Waals surface area contributed by atoms with Crippen LogP contribution in [0.3, 0.4) is 0 Å². The number of carbonyl (C=O) groups excluding carboxylic acids is 1. The molecule has 1 aliphatic heterocycles. The molecule has 28 heavy (non-hydrogen) atoms. The summed E-state index contributed by atoms with van der Waals surface area (Å²) in [5.41, 5.74) is 4.92. The molecule has 1 fully saturated rings. The van der Waals surface area contributed by atoms with Crippen LogP contribution in [0.2, 0.25) is 0 Å². The lowest BCUT2D eigenvalue weighted by Crippen LogP contribution is -3.15. The molecule has 3 rings (SSSR count). The van der Waals surface area contributed by atoms with E-state index in [9.17, 15) is 4.79 Å². The third-order valence-electron chi connectivity index (χ3n) is 5.73. The maximum absolute atomic E-state index is 12.5. The Morgan fingerprint density at radius 3 is 2.39 bits per heavy atom. The summed E-state index contributed by atoms with van der Waals surface area (Å²) >= 11 is 0. The quantitative estimate of drug-likeness (QED) is 0.802. The third kappa shape index (κ3) is 5.04. The molecule has 2 N–H and O–H groups in total. The SMILES string of the molecule is COc1ccc(N2CC[NH+](CC(=O)N[C@@H](C)c3ccc(C)c(C)c3)CC2)cc1. The first-order valence-corrected chi connectivity index (χ1v) is 10.1. The number of nitrogens with one attached hydrogen (secondary N) is 2. The number of aryl methyl sites for hydroxylation is 2. The van der Waals surface area contributed by atoms with Gasteiger partial charge in [0.25, 0.3) is 5.91 Å². The highest BCUT2D eigenvalue weighted by molar-refractivity contribution is 5.77. The predicted molar refractivity (Wildman–Crippen MR) is 113 cm³/mol. The predicted octanol–water partition coefficient (Wildman–Crippen LogP) is 1.89. The van der Waals surface area contributed by atoms with Crippen LogP contribution in [-0.4, -0.2) is 45.7 Å². The van der Waals surface area contributed by atoms with Gasteiger partial charge in [-0.2, -0.15) is 0 Å². The van der Waals surface area contributed by atoms with Crippen LogP contribution >= 0.6 is 0 Å². The van der Waals surface area contributed by atoms with E-state index in [-0.39, 0.29) is 11.9 Å². The van der Waals surface area contributed by atoms with Gasteiger partial charge in [0, 0.05) is 5.69 Å². The van der Waals surface area contributed by atoms with Gasteiger partial charge < -0.3 is 19.9 Å². The zero-order valence-electron chi connectivity index (χ0n) is 17.4. The standard InChI is InChI=1S/C23H31N3O2/c1-17-5-6-20(15-18(17)2)19(3)24-23(27)16-25-11-13-26(14-12-25)21-7-9-22(28-4)10-8-21/h5-10,15,19H,11-14,16H2,1-4H3,(H,24,27)/p+1/t19-/m0/s1. The summed E-state index contributed by atoms with van der Waals surface area (Å²) in [7, 11) is 1.68. The van der Waals surface area contributed by atoms with Gasteiger partial charge in [0.05, 0.1) is 39.3 Å². The molecule has 5 nitrogen and oxygen atoms in total. The van der Waals surface area contributed by atoms with Crippen molar-refractivity contribution < 1.29 is 14.4 Å². The summed E-state index contributed by atoms with van der Waals surface area (Å²) in [4.78, 5) is 16.2. The first kappa shape index (κ1) is 20.2. The van der Waals surface area contributed by atoms with Crippen LogP contribution in [0.15, 0.2) is 42.5 Å². The fourth-order valence-corrected chi connectivity index (χ4v) is 3.69. The molecule has 1 saturated heterocycles. The van der Waals surface area contributed by atoms with Crippen LogP contribution in [0.25, 0.3) is 0 Å². The molecule has 1 aliphatic rings. The lowest BCUT2D eigenvalue weighted by molar-refractivity contribution is -0.892. The number of rotatable bonds is 6. The average molecular weight is 383 g/mol. The molecule has 2 aromatic rings. The first-order valence-electron chi connectivity index (χ1n) is 10.1. The van der Waals surface area contributed by atoms with Gasteiger partial charge >= 0.3 is 0 Å². The van der Waals surface area contributed by atoms with E-state index in [1.54, 1.807) is 7.11 Å². The van der Waals surface area contributed by atoms with E-state index in [4.69, 9.17) is 4.74 Å². The number of hydrogen-bond donors (Lipinski definition) is 2. The lowest BCUT2D eigenvalue weighted by Gasteiger charge is -2.33. The number of methoxy groups -OCH3 is 1. The minimum atomic E-state index is 0.0341. The zero-order chi connectivity index (χ0) is 20.1. The molecule has 1 heterocycles. The second kappa shape index (κ2) is 9.11. The van der Waals surface area contributed by atoms with Crippen LogP contribution < -0.4 is 19.9 Å². The summed E-state index contributed by atoms with van der Waals surface area (Å²) in [6.45, 7) is 10.7. The maximum atomic E-state index is 12.5. The molecule has 2 aromatic carbocycles. The van der Waals surface area contributed by atoms with E-state index in [1.165, 1.54) is 21.7 Å². The second-order valence-corrected chi connectivity index (χ2v) is 7.74. The molecule has 1 amide bonds. The van der Waals surface area contributed by atoms with Crippen molar-refractivity contribution in [1.82, 2.24) is 5.32 Å². The fraction of sp³-hybridized carbons (Fsp3) is 0.435. The Morgan fingerprint density at radius 1 is 1.11 bits per heavy atom. The van der Waals surface area contributed by atoms with E-state index >= 15 is 0 Å². The van der Waals surface area contributed by atoms with Crippen LogP contribution in [0.1, 0.15) is 29.7 Å². The van der Waals surface area contributed by atoms with Gasteiger partial charge in [-0.15, -0.1) is 0 Å². The number of amides is 1. The summed E-state index contributed by atoms with van der Waals surface area (Å²) in [5.74, 6) is 1.00. The highest BCUT2D eigenvalue weighted by atomic mass is 16.5. The summed E-state index contributed by atoms with van der Waals surface area (Å²) in [5, 5.41) is 3.16. The normalized spacial score (nSPS) is 15.9. The Morgan fingerprint density at radius 2 is 1.79 bits per heavy atom. The van der Waals surface area contributed by atoms with Gasteiger partial charge in [0.1, 0.15) is 5.75 Å². The lowest BCUT2D eigenvalue weighted by atomic mass is 10.0. The molecule has 1 atom stereocenters. The van der Waals surface area contributed by atoms with Crippen molar-refractivity contribution >= 4 is 11.6 Å². The maximum Gasteiger partial charge on any atom is 0.275 e. The molecule has 0 aromatic heterocycles. The van der Waals surface area contributed by atoms with Crippen LogP contribution in [0, 0.1) is 13.8 Å². The molecule has 0 bridgehead atoms. The van der Waals surface area contributed by atoms with Crippen LogP contribution in [0.4, 0.5) is 5.69 Å². The van der Waals surface area contributed by atoms with Crippen LogP contribution in [-0.2, 0) is 4.79 Å². The smallest absolute Gasteiger partial charge is 0.275 e. The van der Waals surface area contributed by atoms with Gasteiger partial charge in [-0.3, -0.25) is 4.79 Å². The Balaban J connectivity index is 1.47. The van der Waals surface area contributed by atoms with Crippen molar-refractivity contribution in [3.8, 4) is 5.75 Å². The molecule has 0 aliphatic carbocycles. The number of carbonyl (C=O) groups is 1. The third-order valence-corrected chi connectivity index (χ3v) is 5.73. The van der Waals surface area contributed by atoms with Crippen molar-refractivity contribution in [1.29, 1.82) is 0 Å². The van der Waals surface area contributed by atoms with E-state index < -0.39 is 0 Å². The number of quaternary nitrogens is 1. The Bertz CT molecular complexity index is 796. The second-order valence-electron chi connectivity index (χ2n) is 7.74. The number of nitrogens with zero attached hydrogens (tertiary/aromatic N) is 1. The summed E-state index contributed by atoms with van der Waals surface area (Å²) < 4.78 is 5.23. The van der Waals surface area contributed by atoms with Crippen molar-refractivity contribution in [3.05, 3.63) is 59.2 Å². The molecule has 0 unspecified atom stereocenters. The van der Waals surface area contributed by atoms with E-state index in [0.29, 0.717) is 6.54 Å². The monoisotopic (exact) mass is 382 g/mol. The minimum Gasteiger partial charge on any atom is -0.497 e. The molecule has 5 heteroatoms. The Kier molecular flexibility index (Phi) is 6.57. The van der Waals surface area contributed by atoms with Crippen molar-refractivity contribution in [2.45, 2.75) is 26.8 Å². The number of benzene rings is 2. The highest BCUT2D eigenvalue weighted by Gasteiger charge is 2.23. The van der Waals surface area contributed by atoms with Gasteiger partial charge in [-0.1, -0.05) is 18.2 Å². The molecular formula is C23H32N3O2+. The summed E-state index contributed by atoms with van der Waals surface area (Å²) in [6.07, 6.45) is 0. The molecular weight excluding hydrogens is 350 g/mol. The largest absolute Gasteiger partial charge is 0.497 e. The molecule has 0 saturated carbocycles. The van der Waals surface area contributed by atoms with Crippen molar-refractivity contribution in [2.75, 3.05) is 44.7 Å². The zero-order valence-corrected chi connectivity index (χ0v) is 17.4. The number of piperazine rings is 1. The molecule has 0 radical (unpaired) electrons. The Labute approximate surface area is 168 Å². The van der Waals surface area contributed by atoms with Gasteiger partial charge in [0.2, 0.25) is 0 Å². The number of hydrogen-bond acceptors (Lipinski definition) is 3. The van der Waals surface area contributed by atoms with Crippen molar-refractivity contribution in [2.24, 2.45) is 0 Å². The van der Waals surface area contributed by atoms with E-state index in [0.717, 1.165) is 37.5 Å². The summed E-state index contributed by atoms with van der Waals surface area (Å²) in [6, 6.07) is 14.6. The fourth-order valence-electron chi connectivity index (χ4n) is 3.69.